The lowest BCUT2D eigenvalue weighted by Gasteiger charge is -2.21. The molecule has 0 saturated heterocycles. The average molecular weight is 279 g/mol. The van der Waals surface area contributed by atoms with Crippen LogP contribution in [0.2, 0.25) is 0 Å². The van der Waals surface area contributed by atoms with Crippen molar-refractivity contribution in [1.29, 1.82) is 0 Å². The van der Waals surface area contributed by atoms with Crippen LogP contribution in [0.5, 0.6) is 0 Å². The van der Waals surface area contributed by atoms with Crippen LogP contribution in [0.25, 0.3) is 0 Å². The molecule has 0 spiro atoms. The quantitative estimate of drug-likeness (QED) is 0.708. The Labute approximate surface area is 115 Å². The van der Waals surface area contributed by atoms with Crippen molar-refractivity contribution in [2.24, 2.45) is 16.7 Å². The zero-order chi connectivity index (χ0) is 14.9. The van der Waals surface area contributed by atoms with Gasteiger partial charge in [-0.2, -0.15) is 13.2 Å². The van der Waals surface area contributed by atoms with E-state index in [1.165, 1.54) is 0 Å². The van der Waals surface area contributed by atoms with Gasteiger partial charge in [-0.05, 0) is 42.6 Å². The van der Waals surface area contributed by atoms with Crippen LogP contribution in [0.4, 0.5) is 13.2 Å². The molecule has 1 rings (SSSR count). The second-order valence-electron chi connectivity index (χ2n) is 6.99. The SMILES string of the molecule is CCCNC(CCCC(F)(F)F)C1C(C)(C)C1(C)C. The van der Waals surface area contributed by atoms with Gasteiger partial charge in [-0.25, -0.2) is 0 Å². The molecule has 114 valence electrons. The van der Waals surface area contributed by atoms with Crippen molar-refractivity contribution < 1.29 is 13.2 Å². The molecule has 0 aromatic carbocycles. The minimum absolute atomic E-state index is 0.215. The van der Waals surface area contributed by atoms with E-state index in [0.29, 0.717) is 12.3 Å². The molecule has 1 atom stereocenters. The van der Waals surface area contributed by atoms with E-state index in [-0.39, 0.29) is 23.3 Å². The van der Waals surface area contributed by atoms with Gasteiger partial charge in [0.2, 0.25) is 0 Å². The van der Waals surface area contributed by atoms with Gasteiger partial charge in [0.15, 0.2) is 0 Å². The van der Waals surface area contributed by atoms with Gasteiger partial charge in [0.1, 0.15) is 0 Å². The second kappa shape index (κ2) is 5.63. The molecule has 1 N–H and O–H groups in total. The second-order valence-corrected chi connectivity index (χ2v) is 6.99. The first-order chi connectivity index (χ1) is 8.54. The molecule has 0 bridgehead atoms. The number of hydrogen-bond acceptors (Lipinski definition) is 1. The van der Waals surface area contributed by atoms with Crippen LogP contribution >= 0.6 is 0 Å². The number of rotatable bonds is 7. The van der Waals surface area contributed by atoms with Crippen molar-refractivity contribution in [3.8, 4) is 0 Å². The van der Waals surface area contributed by atoms with Gasteiger partial charge in [0, 0.05) is 12.5 Å². The van der Waals surface area contributed by atoms with Crippen LogP contribution < -0.4 is 5.32 Å². The summed E-state index contributed by atoms with van der Waals surface area (Å²) in [5, 5.41) is 3.46. The van der Waals surface area contributed by atoms with Crippen molar-refractivity contribution in [3.63, 3.8) is 0 Å². The third kappa shape index (κ3) is 3.87. The third-order valence-electron chi connectivity index (χ3n) is 5.17. The predicted molar refractivity (Wildman–Crippen MR) is 73.0 cm³/mol. The summed E-state index contributed by atoms with van der Waals surface area (Å²) >= 11 is 0. The molecule has 1 unspecified atom stereocenters. The molecule has 1 nitrogen and oxygen atoms in total. The Bertz CT molecular complexity index is 280. The monoisotopic (exact) mass is 279 g/mol. The first-order valence-electron chi connectivity index (χ1n) is 7.34. The highest BCUT2D eigenvalue weighted by molar-refractivity contribution is 5.16. The number of alkyl halides is 3. The third-order valence-corrected chi connectivity index (χ3v) is 5.17. The summed E-state index contributed by atoms with van der Waals surface area (Å²) in [7, 11) is 0. The zero-order valence-corrected chi connectivity index (χ0v) is 12.8. The van der Waals surface area contributed by atoms with Gasteiger partial charge < -0.3 is 5.32 Å². The highest BCUT2D eigenvalue weighted by Gasteiger charge is 2.66. The maximum Gasteiger partial charge on any atom is 0.389 e. The van der Waals surface area contributed by atoms with Gasteiger partial charge in [-0.3, -0.25) is 0 Å². The number of hydrogen-bond donors (Lipinski definition) is 1. The molecule has 1 aliphatic carbocycles. The Morgan fingerprint density at radius 2 is 1.63 bits per heavy atom. The lowest BCUT2D eigenvalue weighted by molar-refractivity contribution is -0.135. The molecule has 1 aliphatic rings. The Morgan fingerprint density at radius 3 is 2.00 bits per heavy atom. The van der Waals surface area contributed by atoms with Crippen molar-refractivity contribution in [3.05, 3.63) is 0 Å². The summed E-state index contributed by atoms with van der Waals surface area (Å²) in [6.07, 6.45) is -2.82. The molecule has 1 fully saturated rings. The highest BCUT2D eigenvalue weighted by atomic mass is 19.4. The smallest absolute Gasteiger partial charge is 0.314 e. The molecule has 19 heavy (non-hydrogen) atoms. The van der Waals surface area contributed by atoms with Crippen molar-refractivity contribution in [2.45, 2.75) is 72.5 Å². The fourth-order valence-corrected chi connectivity index (χ4v) is 3.49. The minimum Gasteiger partial charge on any atom is -0.314 e. The molecule has 0 amide bonds. The summed E-state index contributed by atoms with van der Waals surface area (Å²) in [5.74, 6) is 0.472. The molecular formula is C15H28F3N. The molecule has 0 heterocycles. The molecule has 0 radical (unpaired) electrons. The summed E-state index contributed by atoms with van der Waals surface area (Å²) < 4.78 is 36.8. The van der Waals surface area contributed by atoms with Crippen LogP contribution in [0.3, 0.4) is 0 Å². The fraction of sp³-hybridized carbons (Fsp3) is 1.00. The maximum atomic E-state index is 12.3. The van der Waals surface area contributed by atoms with E-state index in [1.807, 2.05) is 0 Å². The van der Waals surface area contributed by atoms with E-state index >= 15 is 0 Å². The van der Waals surface area contributed by atoms with E-state index in [2.05, 4.69) is 39.9 Å². The van der Waals surface area contributed by atoms with Gasteiger partial charge in [0.05, 0.1) is 0 Å². The maximum absolute atomic E-state index is 12.3. The average Bonchev–Trinajstić information content (AvgIpc) is 2.62. The van der Waals surface area contributed by atoms with Crippen LogP contribution in [0, 0.1) is 16.7 Å². The topological polar surface area (TPSA) is 12.0 Å². The Kier molecular flexibility index (Phi) is 4.98. The van der Waals surface area contributed by atoms with Gasteiger partial charge in [-0.1, -0.05) is 34.6 Å². The summed E-state index contributed by atoms with van der Waals surface area (Å²) in [5.41, 5.74) is 0.438. The number of nitrogens with one attached hydrogen (secondary N) is 1. The molecule has 4 heteroatoms. The van der Waals surface area contributed by atoms with Crippen molar-refractivity contribution in [2.75, 3.05) is 6.54 Å². The van der Waals surface area contributed by atoms with Crippen LogP contribution in [0.1, 0.15) is 60.3 Å². The summed E-state index contributed by atoms with van der Waals surface area (Å²) in [6, 6.07) is 0.215. The van der Waals surface area contributed by atoms with Crippen molar-refractivity contribution >= 4 is 0 Å². The first-order valence-corrected chi connectivity index (χ1v) is 7.34. The Balaban J connectivity index is 2.55. The first kappa shape index (κ1) is 16.8. The molecule has 1 saturated carbocycles. The van der Waals surface area contributed by atoms with E-state index in [1.54, 1.807) is 0 Å². The van der Waals surface area contributed by atoms with Crippen LogP contribution in [-0.2, 0) is 0 Å². The highest BCUT2D eigenvalue weighted by Crippen LogP contribution is 2.70. The molecule has 0 aromatic rings. The van der Waals surface area contributed by atoms with Crippen LogP contribution in [-0.4, -0.2) is 18.8 Å². The summed E-state index contributed by atoms with van der Waals surface area (Å²) in [6.45, 7) is 11.9. The van der Waals surface area contributed by atoms with Crippen molar-refractivity contribution in [1.82, 2.24) is 5.32 Å². The zero-order valence-electron chi connectivity index (χ0n) is 12.8. The summed E-state index contributed by atoms with van der Waals surface area (Å²) in [4.78, 5) is 0. The van der Waals surface area contributed by atoms with E-state index in [4.69, 9.17) is 0 Å². The largest absolute Gasteiger partial charge is 0.389 e. The van der Waals surface area contributed by atoms with Crippen LogP contribution in [0.15, 0.2) is 0 Å². The lowest BCUT2D eigenvalue weighted by atomic mass is 9.98. The predicted octanol–water partition coefficient (Wildman–Crippen LogP) is 4.77. The van der Waals surface area contributed by atoms with E-state index in [0.717, 1.165) is 13.0 Å². The normalized spacial score (nSPS) is 23.4. The molecular weight excluding hydrogens is 251 g/mol. The standard InChI is InChI=1S/C15H28F3N/c1-6-10-19-11(8-7-9-15(16,17)18)12-13(2,3)14(12,4)5/h11-12,19H,6-10H2,1-5H3. The Hall–Kier alpha value is -0.250. The van der Waals surface area contributed by atoms with E-state index < -0.39 is 12.6 Å². The minimum atomic E-state index is -4.02. The lowest BCUT2D eigenvalue weighted by Crippen LogP contribution is -2.34. The molecule has 0 aliphatic heterocycles. The van der Waals surface area contributed by atoms with Gasteiger partial charge in [0.25, 0.3) is 0 Å². The van der Waals surface area contributed by atoms with Gasteiger partial charge >= 0.3 is 6.18 Å². The number of halogens is 3. The van der Waals surface area contributed by atoms with E-state index in [9.17, 15) is 13.2 Å². The Morgan fingerprint density at radius 1 is 1.11 bits per heavy atom. The van der Waals surface area contributed by atoms with Gasteiger partial charge in [-0.15, -0.1) is 0 Å². The molecule has 0 aromatic heterocycles. The fourth-order valence-electron chi connectivity index (χ4n) is 3.49.